The number of nitrogens with zero attached hydrogens (tertiary/aromatic N) is 1. The van der Waals surface area contributed by atoms with Gasteiger partial charge >= 0.3 is 6.18 Å². The molecule has 17 heavy (non-hydrogen) atoms. The van der Waals surface area contributed by atoms with Crippen molar-refractivity contribution in [3.8, 4) is 0 Å². The van der Waals surface area contributed by atoms with Crippen molar-refractivity contribution in [2.75, 3.05) is 17.3 Å². The van der Waals surface area contributed by atoms with Crippen LogP contribution in [0.2, 0.25) is 0 Å². The van der Waals surface area contributed by atoms with Crippen LogP contribution >= 0.6 is 11.6 Å². The molecule has 94 valence electrons. The number of para-hydroxylation sites is 1. The van der Waals surface area contributed by atoms with E-state index in [1.165, 1.54) is 12.1 Å². The van der Waals surface area contributed by atoms with Crippen LogP contribution in [0.5, 0.6) is 0 Å². The Bertz CT molecular complexity index is 392. The summed E-state index contributed by atoms with van der Waals surface area (Å²) < 4.78 is 38.6. The summed E-state index contributed by atoms with van der Waals surface area (Å²) in [7, 11) is 0. The van der Waals surface area contributed by atoms with Crippen molar-refractivity contribution in [1.82, 2.24) is 0 Å². The molecular weight excluding hydrogens is 251 g/mol. The number of alkyl halides is 4. The van der Waals surface area contributed by atoms with Gasteiger partial charge in [0, 0.05) is 24.2 Å². The van der Waals surface area contributed by atoms with Crippen LogP contribution in [0.15, 0.2) is 24.3 Å². The lowest BCUT2D eigenvalue weighted by atomic mass is 10.1. The molecule has 0 N–H and O–H groups in total. The molecule has 0 bridgehead atoms. The van der Waals surface area contributed by atoms with E-state index in [4.69, 9.17) is 11.6 Å². The molecule has 1 fully saturated rings. The lowest BCUT2D eigenvalue weighted by molar-refractivity contribution is -0.137. The highest BCUT2D eigenvalue weighted by molar-refractivity contribution is 6.18. The number of halogens is 4. The topological polar surface area (TPSA) is 3.24 Å². The molecule has 0 aromatic heterocycles. The minimum absolute atomic E-state index is 0.0140. The van der Waals surface area contributed by atoms with Crippen LogP contribution in [-0.4, -0.2) is 18.5 Å². The molecule has 1 aliphatic heterocycles. The molecule has 1 aromatic rings. The zero-order chi connectivity index (χ0) is 12.5. The summed E-state index contributed by atoms with van der Waals surface area (Å²) in [6.45, 7) is 0.643. The number of benzene rings is 1. The van der Waals surface area contributed by atoms with E-state index in [9.17, 15) is 13.2 Å². The van der Waals surface area contributed by atoms with Crippen molar-refractivity contribution in [3.63, 3.8) is 0 Å². The fraction of sp³-hybridized carbons (Fsp3) is 0.500. The number of anilines is 1. The van der Waals surface area contributed by atoms with Gasteiger partial charge in [0.05, 0.1) is 5.56 Å². The molecule has 1 heterocycles. The molecule has 1 atom stereocenters. The maximum atomic E-state index is 12.9. The average molecular weight is 264 g/mol. The minimum Gasteiger partial charge on any atom is -0.367 e. The molecule has 1 unspecified atom stereocenters. The van der Waals surface area contributed by atoms with Gasteiger partial charge in [-0.1, -0.05) is 12.1 Å². The summed E-state index contributed by atoms with van der Waals surface area (Å²) >= 11 is 5.80. The van der Waals surface area contributed by atoms with E-state index in [0.717, 1.165) is 18.9 Å². The van der Waals surface area contributed by atoms with E-state index < -0.39 is 11.7 Å². The van der Waals surface area contributed by atoms with Crippen molar-refractivity contribution >= 4 is 17.3 Å². The first-order chi connectivity index (χ1) is 8.04. The van der Waals surface area contributed by atoms with Gasteiger partial charge in [-0.15, -0.1) is 11.6 Å². The van der Waals surface area contributed by atoms with Gasteiger partial charge in [-0.25, -0.2) is 0 Å². The van der Waals surface area contributed by atoms with Crippen molar-refractivity contribution in [2.45, 2.75) is 25.1 Å². The van der Waals surface area contributed by atoms with Gasteiger partial charge in [-0.2, -0.15) is 13.2 Å². The first-order valence-electron chi connectivity index (χ1n) is 5.53. The van der Waals surface area contributed by atoms with Gasteiger partial charge < -0.3 is 4.90 Å². The summed E-state index contributed by atoms with van der Waals surface area (Å²) in [6, 6.07) is 5.71. The van der Waals surface area contributed by atoms with Crippen LogP contribution in [0.4, 0.5) is 18.9 Å². The molecular formula is C12H13ClF3N. The molecule has 1 nitrogen and oxygen atoms in total. The standard InChI is InChI=1S/C12H13ClF3N/c13-8-9-4-3-7-17(9)11-6-2-1-5-10(11)12(14,15)16/h1-2,5-6,9H,3-4,7-8H2. The Labute approximate surface area is 103 Å². The monoisotopic (exact) mass is 263 g/mol. The van der Waals surface area contributed by atoms with E-state index in [1.54, 1.807) is 11.0 Å². The van der Waals surface area contributed by atoms with E-state index in [2.05, 4.69) is 0 Å². The summed E-state index contributed by atoms with van der Waals surface area (Å²) in [5.41, 5.74) is -0.319. The van der Waals surface area contributed by atoms with Crippen LogP contribution in [0, 0.1) is 0 Å². The molecule has 1 aromatic carbocycles. The summed E-state index contributed by atoms with van der Waals surface area (Å²) in [4.78, 5) is 1.77. The van der Waals surface area contributed by atoms with E-state index in [1.807, 2.05) is 0 Å². The maximum absolute atomic E-state index is 12.9. The quantitative estimate of drug-likeness (QED) is 0.731. The lowest BCUT2D eigenvalue weighted by Crippen LogP contribution is -2.32. The van der Waals surface area contributed by atoms with Gasteiger partial charge in [-0.3, -0.25) is 0 Å². The molecule has 2 rings (SSSR count). The molecule has 1 saturated heterocycles. The lowest BCUT2D eigenvalue weighted by Gasteiger charge is -2.28. The molecule has 0 radical (unpaired) electrons. The van der Waals surface area contributed by atoms with Crippen molar-refractivity contribution in [2.24, 2.45) is 0 Å². The fourth-order valence-electron chi connectivity index (χ4n) is 2.28. The minimum atomic E-state index is -4.31. The molecule has 5 heteroatoms. The van der Waals surface area contributed by atoms with Crippen LogP contribution in [0.25, 0.3) is 0 Å². The highest BCUT2D eigenvalue weighted by Crippen LogP contribution is 2.38. The summed E-state index contributed by atoms with van der Waals surface area (Å²) in [5, 5.41) is 0. The van der Waals surface area contributed by atoms with Crippen LogP contribution in [-0.2, 0) is 6.18 Å². The van der Waals surface area contributed by atoms with Gasteiger partial charge in [0.2, 0.25) is 0 Å². The van der Waals surface area contributed by atoms with Gasteiger partial charge in [0.1, 0.15) is 0 Å². The van der Waals surface area contributed by atoms with Gasteiger partial charge in [0.25, 0.3) is 0 Å². The number of hydrogen-bond acceptors (Lipinski definition) is 1. The third-order valence-corrected chi connectivity index (χ3v) is 3.43. The summed E-state index contributed by atoms with van der Waals surface area (Å²) in [6.07, 6.45) is -2.56. The van der Waals surface area contributed by atoms with Gasteiger partial charge in [0.15, 0.2) is 0 Å². The summed E-state index contributed by atoms with van der Waals surface area (Å²) in [5.74, 6) is 0.367. The van der Waals surface area contributed by atoms with Crippen molar-refractivity contribution in [3.05, 3.63) is 29.8 Å². The van der Waals surface area contributed by atoms with E-state index >= 15 is 0 Å². The normalized spacial score (nSPS) is 20.9. The second-order valence-electron chi connectivity index (χ2n) is 4.16. The first kappa shape index (κ1) is 12.6. The van der Waals surface area contributed by atoms with Crippen LogP contribution in [0.1, 0.15) is 18.4 Å². The number of rotatable bonds is 2. The van der Waals surface area contributed by atoms with E-state index in [-0.39, 0.29) is 11.7 Å². The van der Waals surface area contributed by atoms with Crippen LogP contribution in [0.3, 0.4) is 0 Å². The van der Waals surface area contributed by atoms with Crippen molar-refractivity contribution < 1.29 is 13.2 Å². The molecule has 0 aliphatic carbocycles. The zero-order valence-electron chi connectivity index (χ0n) is 9.17. The van der Waals surface area contributed by atoms with Crippen LogP contribution < -0.4 is 4.90 Å². The smallest absolute Gasteiger partial charge is 0.367 e. The Morgan fingerprint density at radius 2 is 2.00 bits per heavy atom. The highest BCUT2D eigenvalue weighted by atomic mass is 35.5. The molecule has 1 aliphatic rings. The second kappa shape index (κ2) is 4.77. The largest absolute Gasteiger partial charge is 0.418 e. The number of hydrogen-bond donors (Lipinski definition) is 0. The Morgan fingerprint density at radius 1 is 1.29 bits per heavy atom. The zero-order valence-corrected chi connectivity index (χ0v) is 9.93. The van der Waals surface area contributed by atoms with Crippen molar-refractivity contribution in [1.29, 1.82) is 0 Å². The fourth-order valence-corrected chi connectivity index (χ4v) is 2.60. The maximum Gasteiger partial charge on any atom is 0.418 e. The SMILES string of the molecule is FC(F)(F)c1ccccc1N1CCCC1CCl. The Balaban J connectivity index is 2.38. The highest BCUT2D eigenvalue weighted by Gasteiger charge is 2.36. The van der Waals surface area contributed by atoms with E-state index in [0.29, 0.717) is 12.4 Å². The third-order valence-electron chi connectivity index (χ3n) is 3.07. The Kier molecular flexibility index (Phi) is 3.52. The van der Waals surface area contributed by atoms with Gasteiger partial charge in [-0.05, 0) is 25.0 Å². The molecule has 0 saturated carbocycles. The predicted octanol–water partition coefficient (Wildman–Crippen LogP) is 3.91. The second-order valence-corrected chi connectivity index (χ2v) is 4.47. The third kappa shape index (κ3) is 2.51. The Hall–Kier alpha value is -0.900. The first-order valence-corrected chi connectivity index (χ1v) is 6.06. The Morgan fingerprint density at radius 3 is 2.65 bits per heavy atom. The average Bonchev–Trinajstić information content (AvgIpc) is 2.75. The predicted molar refractivity (Wildman–Crippen MR) is 62.5 cm³/mol. The molecule has 0 amide bonds. The molecule has 0 spiro atoms.